The summed E-state index contributed by atoms with van der Waals surface area (Å²) in [6, 6.07) is 13.3. The van der Waals surface area contributed by atoms with Crippen LogP contribution in [0.2, 0.25) is 0 Å². The molecular weight excluding hydrogens is 174 g/mol. The van der Waals surface area contributed by atoms with Crippen molar-refractivity contribution in [3.8, 4) is 11.8 Å². The second-order valence-corrected chi connectivity index (χ2v) is 3.13. The molecule has 0 saturated carbocycles. The van der Waals surface area contributed by atoms with Crippen LogP contribution in [-0.4, -0.2) is 5.11 Å². The summed E-state index contributed by atoms with van der Waals surface area (Å²) in [6.45, 7) is 0. The minimum absolute atomic E-state index is 0.227. The Morgan fingerprint density at radius 1 is 1.14 bits per heavy atom. The van der Waals surface area contributed by atoms with E-state index in [0.29, 0.717) is 5.56 Å². The molecule has 0 bridgehead atoms. The highest BCUT2D eigenvalue weighted by Crippen LogP contribution is 2.28. The first-order valence-electron chi connectivity index (χ1n) is 4.39. The second kappa shape index (κ2) is 3.39. The van der Waals surface area contributed by atoms with E-state index in [-0.39, 0.29) is 12.2 Å². The summed E-state index contributed by atoms with van der Waals surface area (Å²) < 4.78 is 0. The minimum atomic E-state index is 0.227. The van der Waals surface area contributed by atoms with Crippen molar-refractivity contribution in [2.45, 2.75) is 6.42 Å². The normalized spacial score (nSPS) is 9.93. The van der Waals surface area contributed by atoms with Gasteiger partial charge in [-0.1, -0.05) is 36.4 Å². The molecule has 1 N–H and O–H groups in total. The first-order valence-corrected chi connectivity index (χ1v) is 4.39. The Labute approximate surface area is 82.0 Å². The molecule has 0 heterocycles. The molecule has 0 spiro atoms. The molecule has 0 fully saturated rings. The number of nitriles is 1. The number of hydrogen-bond donors (Lipinski definition) is 1. The van der Waals surface area contributed by atoms with E-state index in [0.717, 1.165) is 10.8 Å². The van der Waals surface area contributed by atoms with Gasteiger partial charge in [0.25, 0.3) is 0 Å². The lowest BCUT2D eigenvalue weighted by atomic mass is 10.0. The lowest BCUT2D eigenvalue weighted by Crippen LogP contribution is -1.84. The first kappa shape index (κ1) is 8.58. The van der Waals surface area contributed by atoms with Crippen molar-refractivity contribution in [1.82, 2.24) is 0 Å². The van der Waals surface area contributed by atoms with Crippen molar-refractivity contribution in [1.29, 1.82) is 5.26 Å². The van der Waals surface area contributed by atoms with Gasteiger partial charge < -0.3 is 5.11 Å². The zero-order valence-corrected chi connectivity index (χ0v) is 7.57. The predicted molar refractivity (Wildman–Crippen MR) is 54.9 cm³/mol. The van der Waals surface area contributed by atoms with Gasteiger partial charge in [-0.15, -0.1) is 0 Å². The average Bonchev–Trinajstić information content (AvgIpc) is 2.23. The summed E-state index contributed by atoms with van der Waals surface area (Å²) in [7, 11) is 0. The number of rotatable bonds is 1. The molecule has 0 saturated heterocycles. The van der Waals surface area contributed by atoms with E-state index in [4.69, 9.17) is 5.26 Å². The fourth-order valence-electron chi connectivity index (χ4n) is 1.53. The Morgan fingerprint density at radius 3 is 2.71 bits per heavy atom. The van der Waals surface area contributed by atoms with Crippen molar-refractivity contribution < 1.29 is 5.11 Å². The smallest absolute Gasteiger partial charge is 0.127 e. The highest BCUT2D eigenvalue weighted by Gasteiger charge is 2.04. The molecule has 0 unspecified atom stereocenters. The fraction of sp³-hybridized carbons (Fsp3) is 0.0833. The Morgan fingerprint density at radius 2 is 1.93 bits per heavy atom. The summed E-state index contributed by atoms with van der Waals surface area (Å²) in [5.74, 6) is 0.227. The lowest BCUT2D eigenvalue weighted by Gasteiger charge is -2.04. The largest absolute Gasteiger partial charge is 0.507 e. The predicted octanol–water partition coefficient (Wildman–Crippen LogP) is 2.61. The number of phenolic OH excluding ortho intramolecular Hbond substituents is 1. The van der Waals surface area contributed by atoms with Crippen molar-refractivity contribution in [2.75, 3.05) is 0 Å². The summed E-state index contributed by atoms with van der Waals surface area (Å²) in [4.78, 5) is 0. The van der Waals surface area contributed by atoms with Crippen LogP contribution >= 0.6 is 0 Å². The molecule has 0 atom stereocenters. The van der Waals surface area contributed by atoms with Crippen molar-refractivity contribution in [3.05, 3.63) is 42.0 Å². The molecule has 2 aromatic rings. The quantitative estimate of drug-likeness (QED) is 0.738. The molecule has 68 valence electrons. The van der Waals surface area contributed by atoms with E-state index in [2.05, 4.69) is 0 Å². The molecule has 14 heavy (non-hydrogen) atoms. The summed E-state index contributed by atoms with van der Waals surface area (Å²) in [6.07, 6.45) is 0.247. The van der Waals surface area contributed by atoms with Crippen molar-refractivity contribution in [3.63, 3.8) is 0 Å². The molecule has 0 radical (unpaired) electrons. The van der Waals surface area contributed by atoms with Crippen LogP contribution < -0.4 is 0 Å². The molecule has 2 heteroatoms. The maximum Gasteiger partial charge on any atom is 0.127 e. The van der Waals surface area contributed by atoms with Gasteiger partial charge >= 0.3 is 0 Å². The van der Waals surface area contributed by atoms with E-state index >= 15 is 0 Å². The van der Waals surface area contributed by atoms with Crippen LogP contribution in [0, 0.1) is 11.3 Å². The maximum absolute atomic E-state index is 9.83. The fourth-order valence-corrected chi connectivity index (χ4v) is 1.53. The molecule has 2 aromatic carbocycles. The highest BCUT2D eigenvalue weighted by molar-refractivity contribution is 5.89. The van der Waals surface area contributed by atoms with Gasteiger partial charge in [0.2, 0.25) is 0 Å². The van der Waals surface area contributed by atoms with Gasteiger partial charge in [0.1, 0.15) is 5.75 Å². The van der Waals surface area contributed by atoms with Crippen LogP contribution in [0.4, 0.5) is 0 Å². The van der Waals surface area contributed by atoms with E-state index in [1.807, 2.05) is 36.4 Å². The number of phenols is 1. The third-order valence-electron chi connectivity index (χ3n) is 2.25. The standard InChI is InChI=1S/C12H9NO/c13-8-7-10-6-5-9-3-1-2-4-11(9)12(10)14/h1-6,14H,7H2. The Hall–Kier alpha value is -2.01. The Kier molecular flexibility index (Phi) is 2.08. The lowest BCUT2D eigenvalue weighted by molar-refractivity contribution is 0.476. The van der Waals surface area contributed by atoms with Gasteiger partial charge in [-0.05, 0) is 5.39 Å². The van der Waals surface area contributed by atoms with Crippen LogP contribution in [0.3, 0.4) is 0 Å². The molecule has 2 nitrogen and oxygen atoms in total. The van der Waals surface area contributed by atoms with Crippen LogP contribution in [0.1, 0.15) is 5.56 Å². The third-order valence-corrected chi connectivity index (χ3v) is 2.25. The van der Waals surface area contributed by atoms with Crippen LogP contribution in [0.5, 0.6) is 5.75 Å². The summed E-state index contributed by atoms with van der Waals surface area (Å²) in [5.41, 5.74) is 0.686. The second-order valence-electron chi connectivity index (χ2n) is 3.13. The van der Waals surface area contributed by atoms with Crippen LogP contribution in [0.25, 0.3) is 10.8 Å². The Balaban J connectivity index is 2.70. The molecule has 0 aliphatic rings. The van der Waals surface area contributed by atoms with Gasteiger partial charge in [-0.3, -0.25) is 0 Å². The van der Waals surface area contributed by atoms with Gasteiger partial charge in [-0.25, -0.2) is 0 Å². The number of hydrogen-bond acceptors (Lipinski definition) is 2. The minimum Gasteiger partial charge on any atom is -0.507 e. The highest BCUT2D eigenvalue weighted by atomic mass is 16.3. The zero-order valence-electron chi connectivity index (χ0n) is 7.57. The topological polar surface area (TPSA) is 44.0 Å². The number of aromatic hydroxyl groups is 1. The van der Waals surface area contributed by atoms with E-state index in [9.17, 15) is 5.11 Å². The van der Waals surface area contributed by atoms with Gasteiger partial charge in [-0.2, -0.15) is 5.26 Å². The summed E-state index contributed by atoms with van der Waals surface area (Å²) >= 11 is 0. The summed E-state index contributed by atoms with van der Waals surface area (Å²) in [5, 5.41) is 20.2. The number of fused-ring (bicyclic) bond motifs is 1. The molecule has 0 amide bonds. The van der Waals surface area contributed by atoms with Crippen molar-refractivity contribution in [2.24, 2.45) is 0 Å². The van der Waals surface area contributed by atoms with Crippen molar-refractivity contribution >= 4 is 10.8 Å². The van der Waals surface area contributed by atoms with E-state index in [1.165, 1.54) is 0 Å². The van der Waals surface area contributed by atoms with Crippen LogP contribution in [-0.2, 0) is 6.42 Å². The SMILES string of the molecule is N#CCc1ccc2ccccc2c1O. The van der Waals surface area contributed by atoms with Gasteiger partial charge in [0.05, 0.1) is 12.5 Å². The Bertz CT molecular complexity index is 511. The van der Waals surface area contributed by atoms with E-state index < -0.39 is 0 Å². The zero-order chi connectivity index (χ0) is 9.97. The number of benzene rings is 2. The average molecular weight is 183 g/mol. The monoisotopic (exact) mass is 183 g/mol. The molecule has 2 rings (SSSR count). The van der Waals surface area contributed by atoms with E-state index in [1.54, 1.807) is 6.07 Å². The van der Waals surface area contributed by atoms with Crippen LogP contribution in [0.15, 0.2) is 36.4 Å². The van der Waals surface area contributed by atoms with Gasteiger partial charge in [0, 0.05) is 10.9 Å². The molecular formula is C12H9NO. The molecule has 0 aliphatic heterocycles. The number of nitrogens with zero attached hydrogens (tertiary/aromatic N) is 1. The van der Waals surface area contributed by atoms with Gasteiger partial charge in [0.15, 0.2) is 0 Å². The molecule has 0 aromatic heterocycles. The maximum atomic E-state index is 9.83. The molecule has 0 aliphatic carbocycles. The third kappa shape index (κ3) is 1.29. The first-order chi connectivity index (χ1) is 6.83.